The number of primary amides is 1. The molecule has 0 bridgehead atoms. The van der Waals surface area contributed by atoms with Crippen molar-refractivity contribution in [3.05, 3.63) is 36.0 Å². The second-order valence-corrected chi connectivity index (χ2v) is 9.80. The van der Waals surface area contributed by atoms with E-state index >= 15 is 0 Å². The molecule has 0 spiro atoms. The molecule has 0 radical (unpaired) electrons. The maximum atomic E-state index is 13.1. The summed E-state index contributed by atoms with van der Waals surface area (Å²) in [5.41, 5.74) is 13.1. The highest BCUT2D eigenvalue weighted by Gasteiger charge is 2.32. The van der Waals surface area contributed by atoms with Crippen molar-refractivity contribution >= 4 is 52.3 Å². The van der Waals surface area contributed by atoms with E-state index in [0.29, 0.717) is 5.75 Å². The molecule has 2 rings (SSSR count). The van der Waals surface area contributed by atoms with E-state index in [1.165, 1.54) is 11.8 Å². The molecule has 0 aliphatic carbocycles. The summed E-state index contributed by atoms with van der Waals surface area (Å²) in [7, 11) is 0. The van der Waals surface area contributed by atoms with Crippen LogP contribution in [0.3, 0.4) is 0 Å². The molecule has 0 aliphatic heterocycles. The second kappa shape index (κ2) is 14.4. The van der Waals surface area contributed by atoms with Gasteiger partial charge in [-0.1, -0.05) is 18.2 Å². The standard InChI is InChI=1S/C24H34N6O7S/c1-12(31)20(24(36)37)30-23(35)18(10-19(26)32)29-22(34)17(7-8-38-2)28-21(33)15(25)9-13-11-27-16-6-4-3-5-14(13)16/h3-6,11-12,15,17-18,20,27,31H,7-10,25H2,1-2H3,(H2,26,32)(H,28,33)(H,29,34)(H,30,35)(H,36,37). The van der Waals surface area contributed by atoms with Gasteiger partial charge in [0.25, 0.3) is 0 Å². The minimum Gasteiger partial charge on any atom is -0.480 e. The second-order valence-electron chi connectivity index (χ2n) is 8.81. The molecule has 1 aromatic heterocycles. The van der Waals surface area contributed by atoms with Gasteiger partial charge in [-0.3, -0.25) is 19.2 Å². The highest BCUT2D eigenvalue weighted by atomic mass is 32.2. The third-order valence-corrected chi connectivity index (χ3v) is 6.42. The van der Waals surface area contributed by atoms with Crippen molar-refractivity contribution in [1.29, 1.82) is 0 Å². The summed E-state index contributed by atoms with van der Waals surface area (Å²) < 4.78 is 0. The Kier molecular flexibility index (Phi) is 11.6. The largest absolute Gasteiger partial charge is 0.480 e. The van der Waals surface area contributed by atoms with Crippen LogP contribution in [-0.4, -0.2) is 87.1 Å². The summed E-state index contributed by atoms with van der Waals surface area (Å²) in [6, 6.07) is 2.25. The number of nitrogens with two attached hydrogens (primary N) is 2. The number of carboxylic acid groups (broad SMARTS) is 1. The number of hydrogen-bond donors (Lipinski definition) is 8. The molecule has 1 heterocycles. The molecule has 208 valence electrons. The summed E-state index contributed by atoms with van der Waals surface area (Å²) in [5, 5.41) is 26.8. The summed E-state index contributed by atoms with van der Waals surface area (Å²) in [5.74, 6) is -4.36. The smallest absolute Gasteiger partial charge is 0.328 e. The first-order valence-corrected chi connectivity index (χ1v) is 13.2. The van der Waals surface area contributed by atoms with Crippen LogP contribution in [0.15, 0.2) is 30.5 Å². The SMILES string of the molecule is CSCCC(NC(=O)C(N)Cc1c[nH]c2ccccc12)C(=O)NC(CC(N)=O)C(=O)NC(C(=O)O)C(C)O. The van der Waals surface area contributed by atoms with Crippen LogP contribution in [0.4, 0.5) is 0 Å². The molecule has 38 heavy (non-hydrogen) atoms. The maximum absolute atomic E-state index is 13.1. The Morgan fingerprint density at radius 2 is 1.66 bits per heavy atom. The van der Waals surface area contributed by atoms with E-state index in [1.54, 1.807) is 6.20 Å². The predicted octanol–water partition coefficient (Wildman–Crippen LogP) is -1.41. The fourth-order valence-electron chi connectivity index (χ4n) is 3.74. The van der Waals surface area contributed by atoms with Gasteiger partial charge < -0.3 is 42.6 Å². The first kappa shape index (κ1) is 30.6. The van der Waals surface area contributed by atoms with Gasteiger partial charge in [0.15, 0.2) is 6.04 Å². The third-order valence-electron chi connectivity index (χ3n) is 5.78. The van der Waals surface area contributed by atoms with Gasteiger partial charge in [-0.25, -0.2) is 4.79 Å². The number of carbonyl (C=O) groups is 5. The van der Waals surface area contributed by atoms with Crippen LogP contribution in [0.5, 0.6) is 0 Å². The van der Waals surface area contributed by atoms with Crippen LogP contribution in [0.2, 0.25) is 0 Å². The predicted molar refractivity (Wildman–Crippen MR) is 142 cm³/mol. The number of aliphatic carboxylic acids is 1. The molecule has 5 unspecified atom stereocenters. The van der Waals surface area contributed by atoms with Crippen LogP contribution in [0.1, 0.15) is 25.3 Å². The van der Waals surface area contributed by atoms with E-state index in [2.05, 4.69) is 20.9 Å². The number of para-hydroxylation sites is 1. The topological polar surface area (TPSA) is 230 Å². The van der Waals surface area contributed by atoms with Crippen molar-refractivity contribution in [2.75, 3.05) is 12.0 Å². The summed E-state index contributed by atoms with van der Waals surface area (Å²) in [4.78, 5) is 64.6. The number of amides is 4. The van der Waals surface area contributed by atoms with Crippen LogP contribution in [-0.2, 0) is 30.4 Å². The first-order valence-electron chi connectivity index (χ1n) is 11.8. The van der Waals surface area contributed by atoms with Crippen molar-refractivity contribution < 1.29 is 34.2 Å². The highest BCUT2D eigenvalue weighted by molar-refractivity contribution is 7.98. The van der Waals surface area contributed by atoms with Gasteiger partial charge in [0.05, 0.1) is 18.6 Å². The Hall–Kier alpha value is -3.62. The molecule has 13 nitrogen and oxygen atoms in total. The molecule has 0 saturated heterocycles. The van der Waals surface area contributed by atoms with Crippen molar-refractivity contribution in [1.82, 2.24) is 20.9 Å². The van der Waals surface area contributed by atoms with Crippen molar-refractivity contribution in [3.8, 4) is 0 Å². The zero-order valence-electron chi connectivity index (χ0n) is 21.1. The number of thioether (sulfide) groups is 1. The number of aliphatic hydroxyl groups excluding tert-OH is 1. The summed E-state index contributed by atoms with van der Waals surface area (Å²) >= 11 is 1.43. The number of aromatic nitrogens is 1. The minimum atomic E-state index is -1.68. The molecular formula is C24H34N6O7S. The average Bonchev–Trinajstić information content (AvgIpc) is 3.26. The van der Waals surface area contributed by atoms with Gasteiger partial charge in [0.2, 0.25) is 23.6 Å². The van der Waals surface area contributed by atoms with E-state index in [4.69, 9.17) is 11.5 Å². The van der Waals surface area contributed by atoms with E-state index in [1.807, 2.05) is 30.5 Å². The molecule has 2 aromatic rings. The fourth-order valence-corrected chi connectivity index (χ4v) is 4.21. The Bertz CT molecular complexity index is 1150. The number of H-pyrrole nitrogens is 1. The molecule has 10 N–H and O–H groups in total. The summed E-state index contributed by atoms with van der Waals surface area (Å²) in [6.45, 7) is 1.16. The molecule has 0 fully saturated rings. The summed E-state index contributed by atoms with van der Waals surface area (Å²) in [6.07, 6.45) is 1.89. The number of nitrogens with one attached hydrogen (secondary N) is 4. The normalized spacial score (nSPS) is 15.1. The molecule has 5 atom stereocenters. The number of carbonyl (C=O) groups excluding carboxylic acids is 4. The van der Waals surface area contributed by atoms with Crippen LogP contribution in [0, 0.1) is 0 Å². The van der Waals surface area contributed by atoms with Gasteiger partial charge in [-0.2, -0.15) is 11.8 Å². The van der Waals surface area contributed by atoms with Gasteiger partial charge in [-0.15, -0.1) is 0 Å². The van der Waals surface area contributed by atoms with Gasteiger partial charge in [0, 0.05) is 17.1 Å². The number of aliphatic hydroxyl groups is 1. The Morgan fingerprint density at radius 1 is 1.03 bits per heavy atom. The van der Waals surface area contributed by atoms with Crippen molar-refractivity contribution in [3.63, 3.8) is 0 Å². The number of fused-ring (bicyclic) bond motifs is 1. The minimum absolute atomic E-state index is 0.189. The number of hydrogen-bond acceptors (Lipinski definition) is 8. The lowest BCUT2D eigenvalue weighted by molar-refractivity contribution is -0.145. The monoisotopic (exact) mass is 550 g/mol. The van der Waals surface area contributed by atoms with Gasteiger partial charge in [-0.05, 0) is 43.4 Å². The lowest BCUT2D eigenvalue weighted by atomic mass is 10.0. The zero-order valence-corrected chi connectivity index (χ0v) is 21.9. The van der Waals surface area contributed by atoms with E-state index < -0.39 is 66.3 Å². The number of benzene rings is 1. The van der Waals surface area contributed by atoms with Gasteiger partial charge in [0.1, 0.15) is 12.1 Å². The van der Waals surface area contributed by atoms with Crippen LogP contribution >= 0.6 is 11.8 Å². The number of aromatic amines is 1. The van der Waals surface area contributed by atoms with E-state index in [9.17, 15) is 34.2 Å². The highest BCUT2D eigenvalue weighted by Crippen LogP contribution is 2.19. The Morgan fingerprint density at radius 3 is 2.26 bits per heavy atom. The molecule has 4 amide bonds. The van der Waals surface area contributed by atoms with Crippen LogP contribution < -0.4 is 27.4 Å². The molecule has 1 aromatic carbocycles. The number of carboxylic acids is 1. The zero-order chi connectivity index (χ0) is 28.4. The maximum Gasteiger partial charge on any atom is 0.328 e. The van der Waals surface area contributed by atoms with Crippen molar-refractivity contribution in [2.24, 2.45) is 11.5 Å². The fraction of sp³-hybridized carbons (Fsp3) is 0.458. The van der Waals surface area contributed by atoms with Gasteiger partial charge >= 0.3 is 5.97 Å². The Balaban J connectivity index is 2.13. The molecule has 14 heteroatoms. The third kappa shape index (κ3) is 8.75. The number of rotatable bonds is 15. The Labute approximate surface area is 223 Å². The lowest BCUT2D eigenvalue weighted by Gasteiger charge is -2.25. The molecular weight excluding hydrogens is 516 g/mol. The quantitative estimate of drug-likeness (QED) is 0.130. The van der Waals surface area contributed by atoms with Crippen LogP contribution in [0.25, 0.3) is 10.9 Å². The average molecular weight is 551 g/mol. The molecule has 0 saturated carbocycles. The van der Waals surface area contributed by atoms with E-state index in [-0.39, 0.29) is 12.8 Å². The van der Waals surface area contributed by atoms with Crippen molar-refractivity contribution in [2.45, 2.75) is 56.5 Å². The molecule has 0 aliphatic rings. The van der Waals surface area contributed by atoms with E-state index in [0.717, 1.165) is 23.4 Å². The lowest BCUT2D eigenvalue weighted by Crippen LogP contribution is -2.59. The first-order chi connectivity index (χ1) is 17.9.